The maximum atomic E-state index is 12.3. The lowest BCUT2D eigenvalue weighted by Gasteiger charge is -2.32. The first-order valence-corrected chi connectivity index (χ1v) is 8.43. The number of para-hydroxylation sites is 1. The van der Waals surface area contributed by atoms with E-state index in [4.69, 9.17) is 0 Å². The van der Waals surface area contributed by atoms with Crippen LogP contribution in [-0.2, 0) is 15.6 Å². The lowest BCUT2D eigenvalue weighted by molar-refractivity contribution is -0.274. The summed E-state index contributed by atoms with van der Waals surface area (Å²) in [5.74, 6) is 0.137. The lowest BCUT2D eigenvalue weighted by Crippen LogP contribution is -2.47. The number of carbonyl (C=O) groups is 1. The van der Waals surface area contributed by atoms with Crippen molar-refractivity contribution >= 4 is 22.8 Å². The van der Waals surface area contributed by atoms with E-state index in [-0.39, 0.29) is 23.3 Å². The highest BCUT2D eigenvalue weighted by Gasteiger charge is 2.31. The number of amides is 1. The molecule has 4 nitrogen and oxygen atoms in total. The van der Waals surface area contributed by atoms with E-state index in [1.807, 2.05) is 0 Å². The van der Waals surface area contributed by atoms with Crippen molar-refractivity contribution in [2.24, 2.45) is 0 Å². The molecule has 1 saturated heterocycles. The van der Waals surface area contributed by atoms with Gasteiger partial charge in [0.05, 0.1) is 0 Å². The molecule has 126 valence electrons. The van der Waals surface area contributed by atoms with Crippen LogP contribution in [0.15, 0.2) is 30.3 Å². The summed E-state index contributed by atoms with van der Waals surface area (Å²) in [6, 6.07) is 5.43. The fourth-order valence-corrected chi connectivity index (χ4v) is 3.57. The summed E-state index contributed by atoms with van der Waals surface area (Å²) >= 11 is 0. The average Bonchev–Trinajstić information content (AvgIpc) is 2.44. The minimum atomic E-state index is -4.79. The van der Waals surface area contributed by atoms with Crippen molar-refractivity contribution in [2.75, 3.05) is 18.1 Å². The summed E-state index contributed by atoms with van der Waals surface area (Å²) in [6.45, 7) is 2.17. The van der Waals surface area contributed by atoms with E-state index in [1.165, 1.54) is 30.4 Å². The van der Waals surface area contributed by atoms with E-state index in [2.05, 4.69) is 4.74 Å². The van der Waals surface area contributed by atoms with Gasteiger partial charge in [0.25, 0.3) is 0 Å². The van der Waals surface area contributed by atoms with Gasteiger partial charge in [-0.2, -0.15) is 0 Å². The van der Waals surface area contributed by atoms with Gasteiger partial charge >= 0.3 is 6.36 Å². The summed E-state index contributed by atoms with van der Waals surface area (Å²) in [6.07, 6.45) is -2.29. The van der Waals surface area contributed by atoms with Gasteiger partial charge in [-0.05, 0) is 19.1 Å². The number of nitrogens with zero attached hydrogens (tertiary/aromatic N) is 1. The number of ether oxygens (including phenoxy) is 1. The highest BCUT2D eigenvalue weighted by Crippen LogP contribution is 2.27. The predicted molar refractivity (Wildman–Crippen MR) is 81.2 cm³/mol. The van der Waals surface area contributed by atoms with Crippen LogP contribution < -0.4 is 4.74 Å². The van der Waals surface area contributed by atoms with E-state index >= 15 is 0 Å². The first kappa shape index (κ1) is 17.5. The summed E-state index contributed by atoms with van der Waals surface area (Å²) in [5.41, 5.74) is 0.159. The predicted octanol–water partition coefficient (Wildman–Crippen LogP) is 2.58. The molecule has 23 heavy (non-hydrogen) atoms. The Morgan fingerprint density at radius 1 is 1.39 bits per heavy atom. The molecule has 1 amide bonds. The standard InChI is InChI=1S/C15H16F3NO3S/c1-11-10-23(21)9-8-19(11)14(20)7-6-12-4-2-3-5-13(12)22-15(16,17)18/h2-7,11H,8-10H2,1H3/b7-6-/t11-,23+/m1/s1. The van der Waals surface area contributed by atoms with Gasteiger partial charge < -0.3 is 9.64 Å². The minimum Gasteiger partial charge on any atom is -0.405 e. The van der Waals surface area contributed by atoms with Gasteiger partial charge in [0.15, 0.2) is 0 Å². The molecule has 0 spiro atoms. The number of halogens is 3. The second kappa shape index (κ2) is 7.16. The maximum Gasteiger partial charge on any atom is 0.573 e. The quantitative estimate of drug-likeness (QED) is 0.790. The van der Waals surface area contributed by atoms with Crippen LogP contribution in [0.25, 0.3) is 6.08 Å². The molecular formula is C15H16F3NO3S. The summed E-state index contributed by atoms with van der Waals surface area (Å²) in [5, 5.41) is 0. The van der Waals surface area contributed by atoms with Gasteiger partial charge in [0.2, 0.25) is 5.91 Å². The fraction of sp³-hybridized carbons (Fsp3) is 0.400. The highest BCUT2D eigenvalue weighted by atomic mass is 32.2. The van der Waals surface area contributed by atoms with Gasteiger partial charge in [0, 0.05) is 46.5 Å². The average molecular weight is 347 g/mol. The molecule has 1 aromatic rings. The molecule has 0 aliphatic carbocycles. The van der Waals surface area contributed by atoms with Crippen LogP contribution in [0, 0.1) is 0 Å². The van der Waals surface area contributed by atoms with Crippen LogP contribution in [0.1, 0.15) is 12.5 Å². The molecule has 8 heteroatoms. The van der Waals surface area contributed by atoms with E-state index in [0.717, 1.165) is 0 Å². The maximum absolute atomic E-state index is 12.3. The Bertz CT molecular complexity index is 631. The van der Waals surface area contributed by atoms with Crippen LogP contribution in [0.3, 0.4) is 0 Å². The normalized spacial score (nSPS) is 22.3. The molecule has 1 aliphatic rings. The SMILES string of the molecule is C[C@@H]1C[S@@](=O)CCN1C(=O)/C=C\c1ccccc1OC(F)(F)F. The van der Waals surface area contributed by atoms with Gasteiger partial charge in [-0.1, -0.05) is 18.2 Å². The fourth-order valence-electron chi connectivity index (χ4n) is 2.28. The second-order valence-corrected chi connectivity index (χ2v) is 6.73. The number of alkyl halides is 3. The molecule has 2 atom stereocenters. The first-order valence-electron chi connectivity index (χ1n) is 6.95. The number of carbonyl (C=O) groups excluding carboxylic acids is 1. The topological polar surface area (TPSA) is 46.6 Å². The Kier molecular flexibility index (Phi) is 5.46. The molecule has 1 heterocycles. The molecule has 1 aliphatic heterocycles. The molecule has 0 N–H and O–H groups in total. The molecule has 0 unspecified atom stereocenters. The van der Waals surface area contributed by atoms with Gasteiger partial charge in [0.1, 0.15) is 5.75 Å². The van der Waals surface area contributed by atoms with Crippen molar-refractivity contribution in [3.63, 3.8) is 0 Å². The van der Waals surface area contributed by atoms with Crippen molar-refractivity contribution in [1.82, 2.24) is 4.90 Å². The van der Waals surface area contributed by atoms with Crippen molar-refractivity contribution in [3.05, 3.63) is 35.9 Å². The van der Waals surface area contributed by atoms with Gasteiger partial charge in [-0.3, -0.25) is 9.00 Å². The number of benzene rings is 1. The Hall–Kier alpha value is -1.83. The summed E-state index contributed by atoms with van der Waals surface area (Å²) in [7, 11) is -0.926. The zero-order valence-electron chi connectivity index (χ0n) is 12.4. The largest absolute Gasteiger partial charge is 0.573 e. The van der Waals surface area contributed by atoms with Gasteiger partial charge in [-0.15, -0.1) is 13.2 Å². The molecular weight excluding hydrogens is 331 g/mol. The molecule has 1 aromatic carbocycles. The Morgan fingerprint density at radius 2 is 2.09 bits per heavy atom. The highest BCUT2D eigenvalue weighted by molar-refractivity contribution is 7.85. The zero-order valence-corrected chi connectivity index (χ0v) is 13.2. The Labute approximate surface area is 134 Å². The third kappa shape index (κ3) is 5.09. The zero-order chi connectivity index (χ0) is 17.0. The van der Waals surface area contributed by atoms with Crippen LogP contribution >= 0.6 is 0 Å². The first-order chi connectivity index (χ1) is 10.8. The molecule has 0 saturated carbocycles. The molecule has 1 fully saturated rings. The summed E-state index contributed by atoms with van der Waals surface area (Å²) in [4.78, 5) is 13.7. The van der Waals surface area contributed by atoms with Crippen LogP contribution in [0.4, 0.5) is 13.2 Å². The summed E-state index contributed by atoms with van der Waals surface area (Å²) < 4.78 is 52.4. The number of rotatable bonds is 3. The van der Waals surface area contributed by atoms with E-state index in [1.54, 1.807) is 17.9 Å². The molecule has 2 rings (SSSR count). The number of hydrogen-bond donors (Lipinski definition) is 0. The minimum absolute atomic E-state index is 0.159. The van der Waals surface area contributed by atoms with Crippen LogP contribution in [0.5, 0.6) is 5.75 Å². The van der Waals surface area contributed by atoms with Crippen molar-refractivity contribution in [2.45, 2.75) is 19.3 Å². The monoisotopic (exact) mass is 347 g/mol. The smallest absolute Gasteiger partial charge is 0.405 e. The van der Waals surface area contributed by atoms with Crippen molar-refractivity contribution < 1.29 is 26.9 Å². The van der Waals surface area contributed by atoms with E-state index < -0.39 is 17.2 Å². The molecule has 0 radical (unpaired) electrons. The van der Waals surface area contributed by atoms with Crippen molar-refractivity contribution in [3.8, 4) is 5.75 Å². The van der Waals surface area contributed by atoms with Gasteiger partial charge in [-0.25, -0.2) is 0 Å². The van der Waals surface area contributed by atoms with E-state index in [0.29, 0.717) is 18.1 Å². The van der Waals surface area contributed by atoms with E-state index in [9.17, 15) is 22.2 Å². The Morgan fingerprint density at radius 3 is 2.74 bits per heavy atom. The lowest BCUT2D eigenvalue weighted by atomic mass is 10.2. The number of hydrogen-bond acceptors (Lipinski definition) is 3. The third-order valence-electron chi connectivity index (χ3n) is 3.35. The van der Waals surface area contributed by atoms with Crippen LogP contribution in [-0.4, -0.2) is 45.5 Å². The second-order valence-electron chi connectivity index (χ2n) is 5.11. The molecule has 0 aromatic heterocycles. The Balaban J connectivity index is 2.11. The third-order valence-corrected chi connectivity index (χ3v) is 4.84. The van der Waals surface area contributed by atoms with Crippen LogP contribution in [0.2, 0.25) is 0 Å². The molecule has 0 bridgehead atoms. The van der Waals surface area contributed by atoms with Crippen molar-refractivity contribution in [1.29, 1.82) is 0 Å².